The van der Waals surface area contributed by atoms with Crippen molar-refractivity contribution in [2.75, 3.05) is 25.1 Å². The maximum Gasteiger partial charge on any atom is 0.430 e. The molecule has 1 aromatic heterocycles. The van der Waals surface area contributed by atoms with Crippen LogP contribution in [0.5, 0.6) is 11.5 Å². The Balaban J connectivity index is 0.00000408. The van der Waals surface area contributed by atoms with Gasteiger partial charge in [-0.2, -0.15) is 0 Å². The van der Waals surface area contributed by atoms with Crippen molar-refractivity contribution in [1.29, 1.82) is 0 Å². The van der Waals surface area contributed by atoms with Gasteiger partial charge in [-0.1, -0.05) is 12.1 Å². The van der Waals surface area contributed by atoms with E-state index >= 15 is 0 Å². The molecule has 0 fully saturated rings. The van der Waals surface area contributed by atoms with E-state index in [1.54, 1.807) is 6.07 Å². The first-order valence-electron chi connectivity index (χ1n) is 9.37. The van der Waals surface area contributed by atoms with Crippen LogP contribution in [0.3, 0.4) is 0 Å². The molecule has 0 unspecified atom stereocenters. The number of non-ortho nitro benzene ring substituents is 1. The number of carbonyl (C=O) groups excluding carboxylic acids is 1. The molecule has 0 saturated carbocycles. The molecule has 0 atom stereocenters. The summed E-state index contributed by atoms with van der Waals surface area (Å²) in [6.45, 7) is 1.47. The molecule has 0 saturated heterocycles. The Labute approximate surface area is 211 Å². The number of carbonyl (C=O) groups is 1. The Morgan fingerprint density at radius 1 is 1.15 bits per heavy atom. The van der Waals surface area contributed by atoms with Crippen LogP contribution < -0.4 is 13.8 Å². The number of nitro groups is 1. The summed E-state index contributed by atoms with van der Waals surface area (Å²) in [5, 5.41) is 12.4. The summed E-state index contributed by atoms with van der Waals surface area (Å²) in [6.07, 6.45) is -1.15. The Morgan fingerprint density at radius 2 is 1.85 bits per heavy atom. The number of rotatable bonds is 8. The third kappa shape index (κ3) is 5.50. The molecule has 0 spiro atoms. The average molecular weight is 544 g/mol. The van der Waals surface area contributed by atoms with Crippen molar-refractivity contribution in [2.24, 2.45) is 0 Å². The summed E-state index contributed by atoms with van der Waals surface area (Å²) >= 11 is 0.869. The number of sulfonamides is 1. The number of thiazole rings is 1. The molecule has 0 N–H and O–H groups in total. The first-order chi connectivity index (χ1) is 15.7. The Bertz CT molecular complexity index is 1300. The number of hydrogen-bond acceptors (Lipinski definition) is 10. The predicted octanol–water partition coefficient (Wildman–Crippen LogP) is 4.08. The average Bonchev–Trinajstić information content (AvgIpc) is 3.28. The second kappa shape index (κ2) is 11.3. The van der Waals surface area contributed by atoms with Crippen molar-refractivity contribution in [3.8, 4) is 22.8 Å². The van der Waals surface area contributed by atoms with Gasteiger partial charge in [0.05, 0.1) is 36.3 Å². The van der Waals surface area contributed by atoms with Crippen LogP contribution >= 0.6 is 11.3 Å². The van der Waals surface area contributed by atoms with E-state index in [9.17, 15) is 23.3 Å². The zero-order chi connectivity index (χ0) is 24.2. The molecule has 2 aromatic carbocycles. The molecule has 179 valence electrons. The second-order valence-electron chi connectivity index (χ2n) is 6.31. The maximum atomic E-state index is 13.4. The van der Waals surface area contributed by atoms with E-state index in [-0.39, 0.29) is 52.3 Å². The Kier molecular flexibility index (Phi) is 9.04. The summed E-state index contributed by atoms with van der Waals surface area (Å²) in [4.78, 5) is 27.2. The number of hydrogen-bond donors (Lipinski definition) is 0. The van der Waals surface area contributed by atoms with Crippen LogP contribution in [0.25, 0.3) is 11.3 Å². The number of nitro benzene ring substituents is 1. The first-order valence-corrected chi connectivity index (χ1v) is 11.7. The SMILES string of the molecule is CCOC(=O)N(c1nc(-c2cccc([N+](=O)[O-])c2)cs1)S(=O)(=O)c1ccc(OC)c(OC)c1.[V]. The van der Waals surface area contributed by atoms with E-state index < -0.39 is 21.0 Å². The third-order valence-electron chi connectivity index (χ3n) is 4.35. The van der Waals surface area contributed by atoms with E-state index in [4.69, 9.17) is 14.2 Å². The fourth-order valence-electron chi connectivity index (χ4n) is 2.81. The number of nitrogens with zero attached hydrogens (tertiary/aromatic N) is 3. The van der Waals surface area contributed by atoms with Crippen LogP contribution in [0.2, 0.25) is 0 Å². The molecule has 1 amide bonds. The zero-order valence-electron chi connectivity index (χ0n) is 18.2. The zero-order valence-corrected chi connectivity index (χ0v) is 21.2. The molecular weight excluding hydrogens is 525 g/mol. The molecule has 1 radical (unpaired) electrons. The van der Waals surface area contributed by atoms with Gasteiger partial charge in [0, 0.05) is 47.7 Å². The quantitative estimate of drug-likeness (QED) is 0.303. The Morgan fingerprint density at radius 3 is 2.47 bits per heavy atom. The topological polar surface area (TPSA) is 138 Å². The van der Waals surface area contributed by atoms with Crippen LogP contribution in [0.15, 0.2) is 52.7 Å². The van der Waals surface area contributed by atoms with E-state index in [0.29, 0.717) is 15.6 Å². The molecular formula is C20H19N3O8S2V. The smallest absolute Gasteiger partial charge is 0.430 e. The van der Waals surface area contributed by atoms with Gasteiger partial charge < -0.3 is 14.2 Å². The number of aromatic nitrogens is 1. The molecule has 0 aliphatic rings. The summed E-state index contributed by atoms with van der Waals surface area (Å²) in [7, 11) is -1.71. The third-order valence-corrected chi connectivity index (χ3v) is 6.94. The molecule has 0 aliphatic heterocycles. The number of methoxy groups -OCH3 is 2. The number of amides is 1. The number of ether oxygens (including phenoxy) is 3. The fraction of sp³-hybridized carbons (Fsp3) is 0.200. The van der Waals surface area contributed by atoms with Gasteiger partial charge >= 0.3 is 6.09 Å². The minimum Gasteiger partial charge on any atom is -0.493 e. The van der Waals surface area contributed by atoms with Gasteiger partial charge in [-0.3, -0.25) is 10.1 Å². The van der Waals surface area contributed by atoms with Gasteiger partial charge in [-0.05, 0) is 19.1 Å². The van der Waals surface area contributed by atoms with Crippen molar-refractivity contribution in [1.82, 2.24) is 4.98 Å². The van der Waals surface area contributed by atoms with Gasteiger partial charge in [0.15, 0.2) is 11.5 Å². The van der Waals surface area contributed by atoms with Crippen molar-refractivity contribution in [3.63, 3.8) is 0 Å². The molecule has 3 aromatic rings. The largest absolute Gasteiger partial charge is 0.493 e. The summed E-state index contributed by atoms with van der Waals surface area (Å²) in [5.41, 5.74) is 0.497. The van der Waals surface area contributed by atoms with Crippen LogP contribution in [-0.2, 0) is 33.3 Å². The summed E-state index contributed by atoms with van der Waals surface area (Å²) in [5.74, 6) is 0.458. The van der Waals surface area contributed by atoms with Gasteiger partial charge in [0.2, 0.25) is 5.13 Å². The predicted molar refractivity (Wildman–Crippen MR) is 120 cm³/mol. The molecule has 14 heteroatoms. The standard InChI is InChI=1S/C20H19N3O8S2.V/c1-4-31-20(24)22(33(27,28)15-8-9-17(29-2)18(11-15)30-3)19-21-16(12-32-19)13-6-5-7-14(10-13)23(25)26;/h5-12H,4H2,1-3H3;. The van der Waals surface area contributed by atoms with Crippen molar-refractivity contribution < 1.29 is 50.9 Å². The van der Waals surface area contributed by atoms with E-state index in [1.165, 1.54) is 62.9 Å². The minimum atomic E-state index is -4.46. The van der Waals surface area contributed by atoms with Crippen molar-refractivity contribution in [3.05, 3.63) is 58.0 Å². The van der Waals surface area contributed by atoms with Gasteiger partial charge in [0.1, 0.15) is 0 Å². The van der Waals surface area contributed by atoms with Crippen LogP contribution in [0.4, 0.5) is 15.6 Å². The molecule has 0 bridgehead atoms. The summed E-state index contributed by atoms with van der Waals surface area (Å²) < 4.78 is 42.5. The minimum absolute atomic E-state index is 0. The van der Waals surface area contributed by atoms with E-state index in [0.717, 1.165) is 11.3 Å². The normalized spacial score (nSPS) is 10.7. The van der Waals surface area contributed by atoms with Crippen molar-refractivity contribution in [2.45, 2.75) is 11.8 Å². The van der Waals surface area contributed by atoms with Crippen LogP contribution in [-0.4, -0.2) is 45.2 Å². The second-order valence-corrected chi connectivity index (χ2v) is 8.93. The van der Waals surface area contributed by atoms with Gasteiger partial charge in [-0.25, -0.2) is 18.2 Å². The summed E-state index contributed by atoms with van der Waals surface area (Å²) in [6, 6.07) is 9.57. The molecule has 1 heterocycles. The van der Waals surface area contributed by atoms with E-state index in [2.05, 4.69) is 4.98 Å². The molecule has 3 rings (SSSR count). The first kappa shape index (κ1) is 27.1. The monoisotopic (exact) mass is 544 g/mol. The van der Waals surface area contributed by atoms with Gasteiger partial charge in [0.25, 0.3) is 15.7 Å². The van der Waals surface area contributed by atoms with Crippen LogP contribution in [0.1, 0.15) is 6.92 Å². The molecule has 34 heavy (non-hydrogen) atoms. The van der Waals surface area contributed by atoms with E-state index in [1.807, 2.05) is 0 Å². The number of anilines is 1. The van der Waals surface area contributed by atoms with Crippen LogP contribution in [0, 0.1) is 10.1 Å². The molecule has 0 aliphatic carbocycles. The molecule has 11 nitrogen and oxygen atoms in total. The fourth-order valence-corrected chi connectivity index (χ4v) is 5.17. The van der Waals surface area contributed by atoms with Crippen molar-refractivity contribution >= 4 is 38.3 Å². The Hall–Kier alpha value is -3.13. The maximum absolute atomic E-state index is 13.4. The number of benzene rings is 2. The van der Waals surface area contributed by atoms with Gasteiger partial charge in [-0.15, -0.1) is 15.6 Å².